The maximum atomic E-state index is 9.49. The van der Waals surface area contributed by atoms with Gasteiger partial charge in [-0.15, -0.1) is 0 Å². The van der Waals surface area contributed by atoms with Gasteiger partial charge in [0.2, 0.25) is 0 Å². The van der Waals surface area contributed by atoms with E-state index in [-0.39, 0.29) is 11.8 Å². The Bertz CT molecular complexity index is 328. The summed E-state index contributed by atoms with van der Waals surface area (Å²) in [5.41, 5.74) is 1.06. The van der Waals surface area contributed by atoms with Crippen LogP contribution in [0.15, 0.2) is 16.6 Å². The normalized spacial score (nSPS) is 12.6. The molecule has 0 amide bonds. The molecule has 3 nitrogen and oxygen atoms in total. The van der Waals surface area contributed by atoms with Gasteiger partial charge in [0.05, 0.1) is 7.11 Å². The summed E-state index contributed by atoms with van der Waals surface area (Å²) < 4.78 is 5.91. The molecule has 0 aliphatic carbocycles. The molecule has 1 aromatic carbocycles. The maximum absolute atomic E-state index is 9.49. The highest BCUT2D eigenvalue weighted by molar-refractivity contribution is 9.10. The summed E-state index contributed by atoms with van der Waals surface area (Å²) in [7, 11) is 3.42. The molecule has 0 saturated heterocycles. The summed E-state index contributed by atoms with van der Waals surface area (Å²) in [6.45, 7) is 2.04. The van der Waals surface area contributed by atoms with E-state index in [1.807, 2.05) is 20.0 Å². The lowest BCUT2D eigenvalue weighted by Gasteiger charge is -2.14. The SMILES string of the molecule is CNC(C)c1cc(OC)c(O)cc1Br. The fourth-order valence-corrected chi connectivity index (χ4v) is 1.88. The Morgan fingerprint density at radius 1 is 1.50 bits per heavy atom. The smallest absolute Gasteiger partial charge is 0.160 e. The van der Waals surface area contributed by atoms with Crippen molar-refractivity contribution in [2.45, 2.75) is 13.0 Å². The second kappa shape index (κ2) is 4.66. The van der Waals surface area contributed by atoms with Crippen molar-refractivity contribution in [1.82, 2.24) is 5.32 Å². The molecule has 0 fully saturated rings. The predicted octanol–water partition coefficient (Wildman–Crippen LogP) is 2.44. The molecule has 0 aliphatic heterocycles. The van der Waals surface area contributed by atoms with E-state index in [4.69, 9.17) is 4.74 Å². The quantitative estimate of drug-likeness (QED) is 0.877. The Balaban J connectivity index is 3.17. The molecule has 0 bridgehead atoms. The van der Waals surface area contributed by atoms with E-state index in [1.165, 1.54) is 7.11 Å². The van der Waals surface area contributed by atoms with Crippen LogP contribution in [0.2, 0.25) is 0 Å². The number of halogens is 1. The van der Waals surface area contributed by atoms with Crippen LogP contribution in [-0.4, -0.2) is 19.3 Å². The molecule has 1 aromatic rings. The van der Waals surface area contributed by atoms with Gasteiger partial charge in [-0.05, 0) is 31.7 Å². The van der Waals surface area contributed by atoms with Gasteiger partial charge in [-0.2, -0.15) is 0 Å². The molecular formula is C10H14BrNO2. The summed E-state index contributed by atoms with van der Waals surface area (Å²) in [5.74, 6) is 0.636. The van der Waals surface area contributed by atoms with Crippen LogP contribution in [0.25, 0.3) is 0 Å². The summed E-state index contributed by atoms with van der Waals surface area (Å²) in [5, 5.41) is 12.6. The van der Waals surface area contributed by atoms with Crippen LogP contribution in [-0.2, 0) is 0 Å². The van der Waals surface area contributed by atoms with Crippen molar-refractivity contribution in [3.63, 3.8) is 0 Å². The summed E-state index contributed by atoms with van der Waals surface area (Å²) in [6.07, 6.45) is 0. The highest BCUT2D eigenvalue weighted by Gasteiger charge is 2.12. The van der Waals surface area contributed by atoms with Crippen LogP contribution >= 0.6 is 15.9 Å². The Kier molecular flexibility index (Phi) is 3.77. The van der Waals surface area contributed by atoms with E-state index in [2.05, 4.69) is 21.2 Å². The van der Waals surface area contributed by atoms with Crippen LogP contribution in [0.3, 0.4) is 0 Å². The number of hydrogen-bond donors (Lipinski definition) is 2. The lowest BCUT2D eigenvalue weighted by molar-refractivity contribution is 0.372. The molecule has 0 radical (unpaired) electrons. The lowest BCUT2D eigenvalue weighted by Crippen LogP contribution is -2.12. The van der Waals surface area contributed by atoms with Crippen LogP contribution in [0.1, 0.15) is 18.5 Å². The van der Waals surface area contributed by atoms with E-state index in [1.54, 1.807) is 6.07 Å². The molecule has 4 heteroatoms. The molecule has 14 heavy (non-hydrogen) atoms. The van der Waals surface area contributed by atoms with Crippen molar-refractivity contribution < 1.29 is 9.84 Å². The topological polar surface area (TPSA) is 41.5 Å². The van der Waals surface area contributed by atoms with Gasteiger partial charge in [0, 0.05) is 10.5 Å². The number of aromatic hydroxyl groups is 1. The lowest BCUT2D eigenvalue weighted by atomic mass is 10.1. The first-order valence-electron chi connectivity index (χ1n) is 4.33. The van der Waals surface area contributed by atoms with Crippen LogP contribution in [0.4, 0.5) is 0 Å². The van der Waals surface area contributed by atoms with Crippen molar-refractivity contribution >= 4 is 15.9 Å². The van der Waals surface area contributed by atoms with Crippen LogP contribution in [0, 0.1) is 0 Å². The average molecular weight is 260 g/mol. The minimum absolute atomic E-state index is 0.145. The average Bonchev–Trinajstić information content (AvgIpc) is 2.17. The summed E-state index contributed by atoms with van der Waals surface area (Å²) in [6, 6.07) is 3.67. The van der Waals surface area contributed by atoms with E-state index >= 15 is 0 Å². The Hall–Kier alpha value is -0.740. The molecule has 0 aliphatic rings. The fourth-order valence-electron chi connectivity index (χ4n) is 1.21. The molecule has 78 valence electrons. The first kappa shape index (κ1) is 11.3. The zero-order valence-corrected chi connectivity index (χ0v) is 10.1. The number of phenols is 1. The van der Waals surface area contributed by atoms with E-state index in [0.717, 1.165) is 10.0 Å². The summed E-state index contributed by atoms with van der Waals surface area (Å²) >= 11 is 3.40. The van der Waals surface area contributed by atoms with Gasteiger partial charge < -0.3 is 15.2 Å². The van der Waals surface area contributed by atoms with Gasteiger partial charge in [-0.1, -0.05) is 15.9 Å². The fraction of sp³-hybridized carbons (Fsp3) is 0.400. The van der Waals surface area contributed by atoms with Crippen molar-refractivity contribution in [3.05, 3.63) is 22.2 Å². The highest BCUT2D eigenvalue weighted by atomic mass is 79.9. The zero-order chi connectivity index (χ0) is 10.7. The minimum atomic E-state index is 0.145. The molecule has 1 atom stereocenters. The third kappa shape index (κ3) is 2.19. The molecule has 2 N–H and O–H groups in total. The van der Waals surface area contributed by atoms with Crippen molar-refractivity contribution in [1.29, 1.82) is 0 Å². The largest absolute Gasteiger partial charge is 0.504 e. The second-order valence-corrected chi connectivity index (χ2v) is 3.91. The molecule has 0 heterocycles. The minimum Gasteiger partial charge on any atom is -0.504 e. The van der Waals surface area contributed by atoms with Gasteiger partial charge in [-0.3, -0.25) is 0 Å². The van der Waals surface area contributed by atoms with Crippen LogP contribution < -0.4 is 10.1 Å². The maximum Gasteiger partial charge on any atom is 0.160 e. The van der Waals surface area contributed by atoms with E-state index in [9.17, 15) is 5.11 Å². The van der Waals surface area contributed by atoms with Gasteiger partial charge in [0.15, 0.2) is 11.5 Å². The predicted molar refractivity (Wildman–Crippen MR) is 59.8 cm³/mol. The Labute approximate surface area is 92.2 Å². The number of rotatable bonds is 3. The third-order valence-corrected chi connectivity index (χ3v) is 2.88. The van der Waals surface area contributed by atoms with Crippen molar-refractivity contribution in [2.24, 2.45) is 0 Å². The van der Waals surface area contributed by atoms with E-state index < -0.39 is 0 Å². The van der Waals surface area contributed by atoms with Crippen molar-refractivity contribution in [2.75, 3.05) is 14.2 Å². The van der Waals surface area contributed by atoms with E-state index in [0.29, 0.717) is 5.75 Å². The summed E-state index contributed by atoms with van der Waals surface area (Å²) in [4.78, 5) is 0. The standard InChI is InChI=1S/C10H14BrNO2/c1-6(12-2)7-4-10(14-3)9(13)5-8(7)11/h4-6,12-13H,1-3H3. The number of methoxy groups -OCH3 is 1. The molecule has 0 saturated carbocycles. The van der Waals surface area contributed by atoms with Gasteiger partial charge in [0.1, 0.15) is 0 Å². The van der Waals surface area contributed by atoms with Gasteiger partial charge >= 0.3 is 0 Å². The molecule has 0 aromatic heterocycles. The Morgan fingerprint density at radius 2 is 2.14 bits per heavy atom. The van der Waals surface area contributed by atoms with Crippen molar-refractivity contribution in [3.8, 4) is 11.5 Å². The molecular weight excluding hydrogens is 246 g/mol. The molecule has 0 spiro atoms. The number of phenolic OH excluding ortho intramolecular Hbond substituents is 1. The molecule has 1 unspecified atom stereocenters. The zero-order valence-electron chi connectivity index (χ0n) is 8.47. The third-order valence-electron chi connectivity index (χ3n) is 2.20. The first-order chi connectivity index (χ1) is 6.60. The monoisotopic (exact) mass is 259 g/mol. The van der Waals surface area contributed by atoms with Gasteiger partial charge in [0.25, 0.3) is 0 Å². The second-order valence-electron chi connectivity index (χ2n) is 3.06. The Morgan fingerprint density at radius 3 is 2.64 bits per heavy atom. The first-order valence-corrected chi connectivity index (χ1v) is 5.13. The number of hydrogen-bond acceptors (Lipinski definition) is 3. The van der Waals surface area contributed by atoms with Crippen LogP contribution in [0.5, 0.6) is 11.5 Å². The van der Waals surface area contributed by atoms with Gasteiger partial charge in [-0.25, -0.2) is 0 Å². The molecule has 1 rings (SSSR count). The number of benzene rings is 1. The number of ether oxygens (including phenoxy) is 1. The number of nitrogens with one attached hydrogen (secondary N) is 1. The highest BCUT2D eigenvalue weighted by Crippen LogP contribution is 2.34.